The number of aliphatic hydroxyl groups excluding tert-OH is 1. The monoisotopic (exact) mass is 315 g/mol. The number of benzene rings is 1. The molecule has 7 heteroatoms. The van der Waals surface area contributed by atoms with Crippen LogP contribution in [0.25, 0.3) is 0 Å². The van der Waals surface area contributed by atoms with Crippen molar-refractivity contribution in [3.8, 4) is 0 Å². The van der Waals surface area contributed by atoms with Gasteiger partial charge in [-0.15, -0.1) is 0 Å². The lowest BCUT2D eigenvalue weighted by atomic mass is 9.89. The van der Waals surface area contributed by atoms with E-state index in [1.54, 1.807) is 0 Å². The number of carboxylic acid groups (broad SMARTS) is 1. The maximum Gasteiger partial charge on any atom is 0.335 e. The Morgan fingerprint density at radius 2 is 1.76 bits per heavy atom. The van der Waals surface area contributed by atoms with E-state index in [-0.39, 0.29) is 22.4 Å². The van der Waals surface area contributed by atoms with Crippen molar-refractivity contribution in [2.45, 2.75) is 38.2 Å². The van der Waals surface area contributed by atoms with Crippen LogP contribution in [-0.2, 0) is 10.0 Å². The van der Waals surface area contributed by atoms with Crippen molar-refractivity contribution in [3.63, 3.8) is 0 Å². The molecule has 3 N–H and O–H groups in total. The molecule has 0 saturated carbocycles. The second kappa shape index (κ2) is 6.55. The number of aromatic carboxylic acids is 1. The van der Waals surface area contributed by atoms with Gasteiger partial charge < -0.3 is 10.2 Å². The Labute approximate surface area is 124 Å². The molecule has 0 saturated heterocycles. The fourth-order valence-corrected chi connectivity index (χ4v) is 2.92. The molecular weight excluding hydrogens is 294 g/mol. The van der Waals surface area contributed by atoms with Crippen LogP contribution in [0.2, 0.25) is 0 Å². The van der Waals surface area contributed by atoms with Gasteiger partial charge in [-0.2, -0.15) is 0 Å². The highest BCUT2D eigenvalue weighted by Gasteiger charge is 2.20. The average molecular weight is 315 g/mol. The Morgan fingerprint density at radius 3 is 2.19 bits per heavy atom. The van der Waals surface area contributed by atoms with E-state index in [0.717, 1.165) is 0 Å². The van der Waals surface area contributed by atoms with Gasteiger partial charge in [0.2, 0.25) is 10.0 Å². The third kappa shape index (κ3) is 5.82. The summed E-state index contributed by atoms with van der Waals surface area (Å²) in [5, 5.41) is 18.6. The number of aliphatic hydroxyl groups is 1. The molecule has 1 unspecified atom stereocenters. The van der Waals surface area contributed by atoms with Crippen LogP contribution in [0, 0.1) is 5.41 Å². The number of nitrogens with one attached hydrogen (secondary N) is 1. The molecule has 1 aromatic carbocycles. The number of hydrogen-bond acceptors (Lipinski definition) is 4. The molecule has 0 aliphatic heterocycles. The first-order chi connectivity index (χ1) is 9.51. The number of carboxylic acids is 1. The quantitative estimate of drug-likeness (QED) is 0.737. The summed E-state index contributed by atoms with van der Waals surface area (Å²) in [6.45, 7) is 5.78. The summed E-state index contributed by atoms with van der Waals surface area (Å²) >= 11 is 0. The van der Waals surface area contributed by atoms with E-state index < -0.39 is 22.1 Å². The number of rotatable bonds is 6. The Hall–Kier alpha value is -1.44. The van der Waals surface area contributed by atoms with Crippen molar-refractivity contribution in [1.29, 1.82) is 0 Å². The molecule has 0 radical (unpaired) electrons. The molecule has 0 amide bonds. The van der Waals surface area contributed by atoms with Gasteiger partial charge in [-0.3, -0.25) is 0 Å². The maximum atomic E-state index is 12.0. The SMILES string of the molecule is CC(C)(C)CC(O)CNS(=O)(=O)c1ccc(C(=O)O)cc1. The van der Waals surface area contributed by atoms with Crippen molar-refractivity contribution in [2.24, 2.45) is 5.41 Å². The van der Waals surface area contributed by atoms with Crippen LogP contribution in [0.15, 0.2) is 29.2 Å². The van der Waals surface area contributed by atoms with Gasteiger partial charge in [0.25, 0.3) is 0 Å². The van der Waals surface area contributed by atoms with Crippen molar-refractivity contribution in [1.82, 2.24) is 4.72 Å². The first-order valence-electron chi connectivity index (χ1n) is 6.52. The minimum Gasteiger partial charge on any atom is -0.478 e. The summed E-state index contributed by atoms with van der Waals surface area (Å²) < 4.78 is 26.3. The summed E-state index contributed by atoms with van der Waals surface area (Å²) in [4.78, 5) is 10.7. The molecule has 0 fully saturated rings. The largest absolute Gasteiger partial charge is 0.478 e. The van der Waals surface area contributed by atoms with Crippen LogP contribution >= 0.6 is 0 Å². The predicted octanol–water partition coefficient (Wildman–Crippen LogP) is 1.46. The molecule has 0 heterocycles. The van der Waals surface area contributed by atoms with Gasteiger partial charge in [-0.1, -0.05) is 20.8 Å². The van der Waals surface area contributed by atoms with Crippen molar-refractivity contribution >= 4 is 16.0 Å². The highest BCUT2D eigenvalue weighted by atomic mass is 32.2. The highest BCUT2D eigenvalue weighted by molar-refractivity contribution is 7.89. The molecule has 6 nitrogen and oxygen atoms in total. The van der Waals surface area contributed by atoms with Gasteiger partial charge in [-0.05, 0) is 36.1 Å². The van der Waals surface area contributed by atoms with E-state index in [1.165, 1.54) is 24.3 Å². The molecule has 0 aromatic heterocycles. The van der Waals surface area contributed by atoms with E-state index in [1.807, 2.05) is 20.8 Å². The van der Waals surface area contributed by atoms with Crippen LogP contribution in [0.4, 0.5) is 0 Å². The van der Waals surface area contributed by atoms with Crippen LogP contribution in [0.3, 0.4) is 0 Å². The standard InChI is InChI=1S/C14H21NO5S/c1-14(2,3)8-11(16)9-15-21(19,20)12-6-4-10(5-7-12)13(17)18/h4-7,11,15-16H,8-9H2,1-3H3,(H,17,18). The van der Waals surface area contributed by atoms with E-state index >= 15 is 0 Å². The molecule has 0 bridgehead atoms. The molecule has 0 aliphatic carbocycles. The zero-order chi connectivity index (χ0) is 16.3. The minimum absolute atomic E-state index is 0.0155. The van der Waals surface area contributed by atoms with Crippen molar-refractivity contribution in [2.75, 3.05) is 6.54 Å². The fraction of sp³-hybridized carbons (Fsp3) is 0.500. The highest BCUT2D eigenvalue weighted by Crippen LogP contribution is 2.20. The topological polar surface area (TPSA) is 104 Å². The maximum absolute atomic E-state index is 12.0. The Morgan fingerprint density at radius 1 is 1.24 bits per heavy atom. The molecule has 118 valence electrons. The molecule has 0 aliphatic rings. The van der Waals surface area contributed by atoms with E-state index in [4.69, 9.17) is 5.11 Å². The van der Waals surface area contributed by atoms with E-state index in [2.05, 4.69) is 4.72 Å². The van der Waals surface area contributed by atoms with Crippen LogP contribution in [-0.4, -0.2) is 37.2 Å². The molecular formula is C14H21NO5S. The van der Waals surface area contributed by atoms with E-state index in [9.17, 15) is 18.3 Å². The lowest BCUT2D eigenvalue weighted by Gasteiger charge is -2.22. The number of hydrogen-bond donors (Lipinski definition) is 3. The molecule has 0 spiro atoms. The summed E-state index contributed by atoms with van der Waals surface area (Å²) in [6.07, 6.45) is -0.314. The summed E-state index contributed by atoms with van der Waals surface area (Å²) in [7, 11) is -3.76. The first kappa shape index (κ1) is 17.6. The second-order valence-electron chi connectivity index (χ2n) is 6.10. The average Bonchev–Trinajstić information content (AvgIpc) is 2.34. The van der Waals surface area contributed by atoms with Gasteiger partial charge in [-0.25, -0.2) is 17.9 Å². The van der Waals surface area contributed by atoms with Gasteiger partial charge in [0.05, 0.1) is 16.6 Å². The number of carbonyl (C=O) groups is 1. The van der Waals surface area contributed by atoms with Crippen LogP contribution in [0.1, 0.15) is 37.6 Å². The van der Waals surface area contributed by atoms with E-state index in [0.29, 0.717) is 6.42 Å². The lowest BCUT2D eigenvalue weighted by Crippen LogP contribution is -2.34. The number of sulfonamides is 1. The van der Waals surface area contributed by atoms with Crippen molar-refractivity contribution in [3.05, 3.63) is 29.8 Å². The third-order valence-electron chi connectivity index (χ3n) is 2.77. The molecule has 1 atom stereocenters. The first-order valence-corrected chi connectivity index (χ1v) is 8.01. The predicted molar refractivity (Wildman–Crippen MR) is 78.7 cm³/mol. The zero-order valence-corrected chi connectivity index (χ0v) is 13.1. The second-order valence-corrected chi connectivity index (χ2v) is 7.87. The smallest absolute Gasteiger partial charge is 0.335 e. The van der Waals surface area contributed by atoms with Crippen LogP contribution < -0.4 is 4.72 Å². The minimum atomic E-state index is -3.76. The zero-order valence-electron chi connectivity index (χ0n) is 12.3. The normalized spacial score (nSPS) is 13.9. The fourth-order valence-electron chi connectivity index (χ4n) is 1.84. The third-order valence-corrected chi connectivity index (χ3v) is 4.21. The lowest BCUT2D eigenvalue weighted by molar-refractivity contribution is 0.0696. The Balaban J connectivity index is 2.71. The summed E-state index contributed by atoms with van der Waals surface area (Å²) in [6, 6.07) is 4.90. The van der Waals surface area contributed by atoms with Gasteiger partial charge >= 0.3 is 5.97 Å². The molecule has 21 heavy (non-hydrogen) atoms. The molecule has 1 aromatic rings. The molecule has 1 rings (SSSR count). The summed E-state index contributed by atoms with van der Waals surface area (Å²) in [5.74, 6) is -1.12. The van der Waals surface area contributed by atoms with Gasteiger partial charge in [0.15, 0.2) is 0 Å². The summed E-state index contributed by atoms with van der Waals surface area (Å²) in [5.41, 5.74) is -0.0877. The Kier molecular flexibility index (Phi) is 5.49. The van der Waals surface area contributed by atoms with Crippen LogP contribution in [0.5, 0.6) is 0 Å². The Bertz CT molecular complexity index is 587. The van der Waals surface area contributed by atoms with Crippen molar-refractivity contribution < 1.29 is 23.4 Å². The van der Waals surface area contributed by atoms with Gasteiger partial charge in [0, 0.05) is 6.54 Å². The van der Waals surface area contributed by atoms with Gasteiger partial charge in [0.1, 0.15) is 0 Å².